The molecule has 0 aromatic heterocycles. The number of aliphatic imine (C=N–C) groups is 1. The van der Waals surface area contributed by atoms with Gasteiger partial charge in [0.1, 0.15) is 11.9 Å². The second kappa shape index (κ2) is 4.14. The van der Waals surface area contributed by atoms with Gasteiger partial charge in [-0.05, 0) is 25.0 Å². The Morgan fingerprint density at radius 2 is 1.89 bits per heavy atom. The van der Waals surface area contributed by atoms with Crippen LogP contribution in [0.5, 0.6) is 0 Å². The second-order valence-corrected chi connectivity index (χ2v) is 5.31. The van der Waals surface area contributed by atoms with Crippen LogP contribution in [0.3, 0.4) is 0 Å². The smallest absolute Gasteiger partial charge is 0.346 e. The maximum absolute atomic E-state index is 11.8. The van der Waals surface area contributed by atoms with Gasteiger partial charge in [0.05, 0.1) is 0 Å². The number of nitrogens with zero attached hydrogens (tertiary/aromatic N) is 2. The number of halogens is 2. The van der Waals surface area contributed by atoms with Crippen molar-refractivity contribution in [1.29, 1.82) is 0 Å². The summed E-state index contributed by atoms with van der Waals surface area (Å²) in [4.78, 5) is 17.4. The summed E-state index contributed by atoms with van der Waals surface area (Å²) in [7, 11) is 0. The molecule has 0 spiro atoms. The van der Waals surface area contributed by atoms with Crippen LogP contribution in [-0.2, 0) is 0 Å². The zero-order chi connectivity index (χ0) is 12.9. The van der Waals surface area contributed by atoms with Gasteiger partial charge in [0.25, 0.3) is 0 Å². The summed E-state index contributed by atoms with van der Waals surface area (Å²) in [6.45, 7) is 0. The fourth-order valence-corrected chi connectivity index (χ4v) is 2.87. The van der Waals surface area contributed by atoms with Gasteiger partial charge in [-0.1, -0.05) is 29.3 Å². The van der Waals surface area contributed by atoms with Gasteiger partial charge in [-0.15, -0.1) is 0 Å². The molecule has 2 amide bonds. The maximum atomic E-state index is 11.8. The van der Waals surface area contributed by atoms with Crippen molar-refractivity contribution in [3.8, 4) is 0 Å². The van der Waals surface area contributed by atoms with Crippen molar-refractivity contribution in [3.63, 3.8) is 0 Å². The average molecular weight is 284 g/mol. The molecular weight excluding hydrogens is 273 g/mol. The van der Waals surface area contributed by atoms with Crippen LogP contribution >= 0.6 is 23.2 Å². The van der Waals surface area contributed by atoms with Crippen LogP contribution in [0.1, 0.15) is 24.4 Å². The first-order valence-electron chi connectivity index (χ1n) is 5.70. The number of nitrogens with two attached hydrogens (primary N) is 1. The third-order valence-electron chi connectivity index (χ3n) is 3.22. The molecule has 4 nitrogen and oxygen atoms in total. The van der Waals surface area contributed by atoms with Crippen LogP contribution in [0.25, 0.3) is 0 Å². The van der Waals surface area contributed by atoms with E-state index in [1.54, 1.807) is 23.1 Å². The van der Waals surface area contributed by atoms with E-state index in [-0.39, 0.29) is 17.9 Å². The molecule has 1 heterocycles. The molecule has 1 aromatic rings. The third-order valence-corrected chi connectivity index (χ3v) is 3.88. The number of amidine groups is 1. The van der Waals surface area contributed by atoms with Gasteiger partial charge < -0.3 is 10.6 Å². The molecule has 1 atom stereocenters. The van der Waals surface area contributed by atoms with E-state index in [1.807, 2.05) is 0 Å². The van der Waals surface area contributed by atoms with Crippen LogP contribution in [0, 0.1) is 0 Å². The predicted molar refractivity (Wildman–Crippen MR) is 71.1 cm³/mol. The standard InChI is InChI=1S/C12H11Cl2N3O/c13-7-2-1-3-8(14)9(7)10-11(15)16-12(18)17(10)6-4-5-6/h1-3,6,10H,4-5H2,(H2,15,16,18). The molecule has 1 unspecified atom stereocenters. The van der Waals surface area contributed by atoms with Crippen LogP contribution in [0.4, 0.5) is 4.79 Å². The monoisotopic (exact) mass is 283 g/mol. The van der Waals surface area contributed by atoms with Crippen molar-refractivity contribution in [1.82, 2.24) is 4.90 Å². The largest absolute Gasteiger partial charge is 0.385 e. The van der Waals surface area contributed by atoms with E-state index in [2.05, 4.69) is 4.99 Å². The Bertz CT molecular complexity index is 534. The molecule has 1 fully saturated rings. The number of hydrogen-bond donors (Lipinski definition) is 1. The minimum Gasteiger partial charge on any atom is -0.385 e. The van der Waals surface area contributed by atoms with E-state index < -0.39 is 6.04 Å². The quantitative estimate of drug-likeness (QED) is 0.907. The number of carbonyl (C=O) groups is 1. The van der Waals surface area contributed by atoms with Gasteiger partial charge >= 0.3 is 6.03 Å². The Morgan fingerprint density at radius 1 is 1.28 bits per heavy atom. The zero-order valence-corrected chi connectivity index (χ0v) is 10.9. The molecule has 1 aliphatic heterocycles. The number of hydrogen-bond acceptors (Lipinski definition) is 2. The van der Waals surface area contributed by atoms with E-state index in [1.165, 1.54) is 0 Å². The van der Waals surface area contributed by atoms with Crippen LogP contribution in [-0.4, -0.2) is 22.8 Å². The predicted octanol–water partition coefficient (Wildman–Crippen LogP) is 2.99. The summed E-state index contributed by atoms with van der Waals surface area (Å²) < 4.78 is 0. The Morgan fingerprint density at radius 3 is 2.44 bits per heavy atom. The lowest BCUT2D eigenvalue weighted by atomic mass is 10.0. The van der Waals surface area contributed by atoms with Crippen molar-refractivity contribution in [2.45, 2.75) is 24.9 Å². The van der Waals surface area contributed by atoms with Crippen LogP contribution in [0.15, 0.2) is 23.2 Å². The third kappa shape index (κ3) is 1.76. The van der Waals surface area contributed by atoms with Gasteiger partial charge in [0, 0.05) is 21.7 Å². The van der Waals surface area contributed by atoms with E-state index in [0.29, 0.717) is 15.6 Å². The molecule has 94 valence electrons. The van der Waals surface area contributed by atoms with E-state index in [9.17, 15) is 4.79 Å². The topological polar surface area (TPSA) is 58.7 Å². The Labute approximate surface area is 114 Å². The first kappa shape index (κ1) is 11.8. The maximum Gasteiger partial charge on any atom is 0.346 e. The van der Waals surface area contributed by atoms with Gasteiger partial charge in [-0.3, -0.25) is 0 Å². The number of carbonyl (C=O) groups excluding carboxylic acids is 1. The number of rotatable bonds is 2. The zero-order valence-electron chi connectivity index (χ0n) is 9.44. The molecule has 2 aliphatic rings. The molecule has 1 saturated carbocycles. The first-order valence-corrected chi connectivity index (χ1v) is 6.45. The van der Waals surface area contributed by atoms with Crippen LogP contribution < -0.4 is 5.73 Å². The molecule has 1 aromatic carbocycles. The summed E-state index contributed by atoms with van der Waals surface area (Å²) in [5, 5.41) is 1.01. The molecule has 0 bridgehead atoms. The van der Waals surface area contributed by atoms with Gasteiger partial charge in [-0.2, -0.15) is 4.99 Å². The number of benzene rings is 1. The summed E-state index contributed by atoms with van der Waals surface area (Å²) in [6, 6.07) is 4.73. The lowest BCUT2D eigenvalue weighted by Crippen LogP contribution is -2.35. The van der Waals surface area contributed by atoms with E-state index in [4.69, 9.17) is 28.9 Å². The number of amides is 2. The average Bonchev–Trinajstić information content (AvgIpc) is 3.07. The Kier molecular flexibility index (Phi) is 2.72. The van der Waals surface area contributed by atoms with Gasteiger partial charge in [-0.25, -0.2) is 4.79 Å². The lowest BCUT2D eigenvalue weighted by Gasteiger charge is -2.25. The van der Waals surface area contributed by atoms with Crippen molar-refractivity contribution in [2.75, 3.05) is 0 Å². The normalized spacial score (nSPS) is 23.4. The summed E-state index contributed by atoms with van der Waals surface area (Å²) >= 11 is 12.4. The molecule has 0 radical (unpaired) electrons. The molecule has 18 heavy (non-hydrogen) atoms. The molecular formula is C12H11Cl2N3O. The van der Waals surface area contributed by atoms with Crippen LogP contribution in [0.2, 0.25) is 10.0 Å². The lowest BCUT2D eigenvalue weighted by molar-refractivity contribution is 0.203. The second-order valence-electron chi connectivity index (χ2n) is 4.50. The minimum atomic E-state index is -0.425. The summed E-state index contributed by atoms with van der Waals surface area (Å²) in [6.07, 6.45) is 1.96. The first-order chi connectivity index (χ1) is 8.59. The Balaban J connectivity index is 2.09. The molecule has 0 saturated heterocycles. The van der Waals surface area contributed by atoms with Crippen molar-refractivity contribution < 1.29 is 4.79 Å². The molecule has 2 N–H and O–H groups in total. The Hall–Kier alpha value is -1.26. The number of urea groups is 1. The van der Waals surface area contributed by atoms with E-state index in [0.717, 1.165) is 12.8 Å². The molecule has 1 aliphatic carbocycles. The highest BCUT2D eigenvalue weighted by atomic mass is 35.5. The van der Waals surface area contributed by atoms with Gasteiger partial charge in [0.15, 0.2) is 0 Å². The van der Waals surface area contributed by atoms with Crippen molar-refractivity contribution >= 4 is 35.1 Å². The highest BCUT2D eigenvalue weighted by Crippen LogP contribution is 2.42. The van der Waals surface area contributed by atoms with Crippen molar-refractivity contribution in [2.24, 2.45) is 10.7 Å². The van der Waals surface area contributed by atoms with Crippen molar-refractivity contribution in [3.05, 3.63) is 33.8 Å². The SMILES string of the molecule is NC1=NC(=O)N(C2CC2)C1c1c(Cl)cccc1Cl. The van der Waals surface area contributed by atoms with E-state index >= 15 is 0 Å². The summed E-state index contributed by atoms with van der Waals surface area (Å²) in [5.41, 5.74) is 6.53. The fourth-order valence-electron chi connectivity index (χ4n) is 2.26. The van der Waals surface area contributed by atoms with Gasteiger partial charge in [0.2, 0.25) is 0 Å². The molecule has 6 heteroatoms. The fraction of sp³-hybridized carbons (Fsp3) is 0.333. The molecule has 3 rings (SSSR count). The highest BCUT2D eigenvalue weighted by molar-refractivity contribution is 6.36. The highest BCUT2D eigenvalue weighted by Gasteiger charge is 2.44. The summed E-state index contributed by atoms with van der Waals surface area (Å²) in [5.74, 6) is 0.266. The minimum absolute atomic E-state index is 0.208.